The number of rotatable bonds is 3. The third-order valence-corrected chi connectivity index (χ3v) is 5.45. The molecule has 2 amide bonds. The number of nitrogens with one attached hydrogen (secondary N) is 1. The molecular weight excluding hydrogens is 412 g/mol. The summed E-state index contributed by atoms with van der Waals surface area (Å²) in [6.07, 6.45) is 1.14. The summed E-state index contributed by atoms with van der Waals surface area (Å²) in [7, 11) is 0. The Hall–Kier alpha value is -2.85. The number of carbonyl (C=O) groups excluding carboxylic acids is 2. The quantitative estimate of drug-likeness (QED) is 0.712. The van der Waals surface area contributed by atoms with Crippen LogP contribution in [0.15, 0.2) is 40.9 Å². The first-order valence-electron chi connectivity index (χ1n) is 8.54. The van der Waals surface area contributed by atoms with Crippen LogP contribution in [0.2, 0.25) is 0 Å². The van der Waals surface area contributed by atoms with Gasteiger partial charge in [-0.3, -0.25) is 10.1 Å². The van der Waals surface area contributed by atoms with Gasteiger partial charge in [-0.05, 0) is 70.6 Å². The van der Waals surface area contributed by atoms with E-state index in [9.17, 15) is 9.59 Å². The van der Waals surface area contributed by atoms with E-state index in [1.54, 1.807) is 18.2 Å². The van der Waals surface area contributed by atoms with E-state index in [0.717, 1.165) is 30.4 Å². The zero-order valence-corrected chi connectivity index (χ0v) is 15.8. The molecule has 6 nitrogen and oxygen atoms in total. The Kier molecular flexibility index (Phi) is 4.58. The first-order chi connectivity index (χ1) is 13.0. The van der Waals surface area contributed by atoms with Crippen LogP contribution < -0.4 is 10.1 Å². The normalized spacial score (nSPS) is 21.0. The van der Waals surface area contributed by atoms with E-state index in [0.29, 0.717) is 21.7 Å². The number of hydrogen-bond acceptors (Lipinski definition) is 4. The zero-order valence-electron chi connectivity index (χ0n) is 14.2. The summed E-state index contributed by atoms with van der Waals surface area (Å²) < 4.78 is 11.8. The highest BCUT2D eigenvalue weighted by Gasteiger charge is 2.41. The fourth-order valence-electron chi connectivity index (χ4n) is 3.61. The molecule has 2 aromatic rings. The Morgan fingerprint density at radius 1 is 1.22 bits per heavy atom. The molecule has 1 unspecified atom stereocenters. The van der Waals surface area contributed by atoms with Crippen molar-refractivity contribution in [3.8, 4) is 11.5 Å². The van der Waals surface area contributed by atoms with E-state index >= 15 is 0 Å². The van der Waals surface area contributed by atoms with E-state index in [1.165, 1.54) is 0 Å². The zero-order chi connectivity index (χ0) is 19.0. The summed E-state index contributed by atoms with van der Waals surface area (Å²) >= 11 is 3.43. The summed E-state index contributed by atoms with van der Waals surface area (Å²) in [4.78, 5) is 26.7. The predicted molar refractivity (Wildman–Crippen MR) is 101 cm³/mol. The largest absolute Gasteiger partial charge is 0.456 e. The van der Waals surface area contributed by atoms with E-state index in [1.807, 2.05) is 18.2 Å². The van der Waals surface area contributed by atoms with Gasteiger partial charge in [-0.2, -0.15) is 0 Å². The second-order valence-corrected chi connectivity index (χ2v) is 7.36. The van der Waals surface area contributed by atoms with E-state index in [4.69, 9.17) is 16.0 Å². The number of alkyl carbamates (subject to hydrolysis) is 1. The van der Waals surface area contributed by atoms with Gasteiger partial charge in [0, 0.05) is 10.4 Å². The highest BCUT2D eigenvalue weighted by Crippen LogP contribution is 2.39. The van der Waals surface area contributed by atoms with Gasteiger partial charge in [0.2, 0.25) is 0 Å². The van der Waals surface area contributed by atoms with Crippen LogP contribution in [0.1, 0.15) is 29.9 Å². The van der Waals surface area contributed by atoms with Crippen molar-refractivity contribution in [3.05, 3.63) is 63.4 Å². The lowest BCUT2D eigenvalue weighted by molar-refractivity contribution is -0.124. The number of benzene rings is 2. The average Bonchev–Trinajstić information content (AvgIpc) is 3.00. The Bertz CT molecular complexity index is 982. The first kappa shape index (κ1) is 17.6. The van der Waals surface area contributed by atoms with Gasteiger partial charge in [0.25, 0.3) is 5.91 Å². The van der Waals surface area contributed by atoms with Crippen molar-refractivity contribution >= 4 is 33.6 Å². The number of cyclic esters (lactones) is 1. The van der Waals surface area contributed by atoms with Crippen LogP contribution in [-0.4, -0.2) is 18.1 Å². The standard InChI is InChI=1S/C20H15BrN2O4/c1-22-12-5-8-17(16(21)10-12)26-13-6-7-14-11(9-13)3-2-4-15(14)18-19(24)23-20(25)27-18/h5-10,15,18H,2-4H2,(H,23,24,25)/t15-,18?/m1/s1. The molecular formula is C20H15BrN2O4. The van der Waals surface area contributed by atoms with Gasteiger partial charge >= 0.3 is 6.09 Å². The SMILES string of the molecule is [C-]#[N+]c1ccc(Oc2ccc3c(c2)CCC[C@H]3C2OC(=O)NC2=O)c(Br)c1. The van der Waals surface area contributed by atoms with E-state index in [2.05, 4.69) is 26.1 Å². The van der Waals surface area contributed by atoms with Crippen molar-refractivity contribution < 1.29 is 19.1 Å². The van der Waals surface area contributed by atoms with Gasteiger partial charge in [-0.1, -0.05) is 12.1 Å². The molecule has 0 bridgehead atoms. The van der Waals surface area contributed by atoms with Gasteiger partial charge < -0.3 is 9.47 Å². The molecule has 2 aromatic carbocycles. The molecule has 1 aliphatic carbocycles. The molecule has 0 radical (unpaired) electrons. The van der Waals surface area contributed by atoms with E-state index in [-0.39, 0.29) is 11.8 Å². The van der Waals surface area contributed by atoms with Crippen molar-refractivity contribution in [3.63, 3.8) is 0 Å². The van der Waals surface area contributed by atoms with Crippen LogP contribution in [-0.2, 0) is 16.0 Å². The van der Waals surface area contributed by atoms with Gasteiger partial charge in [0.05, 0.1) is 6.57 Å². The second kappa shape index (κ2) is 7.05. The molecule has 1 fully saturated rings. The molecule has 4 rings (SSSR count). The summed E-state index contributed by atoms with van der Waals surface area (Å²) in [6.45, 7) is 7.06. The molecule has 1 saturated heterocycles. The third-order valence-electron chi connectivity index (χ3n) is 4.83. The van der Waals surface area contributed by atoms with E-state index < -0.39 is 12.2 Å². The maximum atomic E-state index is 12.0. The van der Waals surface area contributed by atoms with Crippen molar-refractivity contribution in [2.45, 2.75) is 31.3 Å². The first-order valence-corrected chi connectivity index (χ1v) is 9.33. The third kappa shape index (κ3) is 3.40. The number of nitrogens with zero attached hydrogens (tertiary/aromatic N) is 1. The molecule has 0 spiro atoms. The summed E-state index contributed by atoms with van der Waals surface area (Å²) in [5.41, 5.74) is 2.64. The number of imide groups is 1. The van der Waals surface area contributed by atoms with Gasteiger partial charge in [0.15, 0.2) is 11.8 Å². The molecule has 0 saturated carbocycles. The topological polar surface area (TPSA) is 69.0 Å². The van der Waals surface area contributed by atoms with Crippen molar-refractivity contribution in [2.75, 3.05) is 0 Å². The number of aryl methyl sites for hydroxylation is 1. The molecule has 1 heterocycles. The average molecular weight is 427 g/mol. The maximum Gasteiger partial charge on any atom is 0.414 e. The minimum Gasteiger partial charge on any atom is -0.456 e. The van der Waals surface area contributed by atoms with Crippen LogP contribution in [0.4, 0.5) is 10.5 Å². The van der Waals surface area contributed by atoms with Crippen molar-refractivity contribution in [2.24, 2.45) is 0 Å². The molecule has 1 aliphatic heterocycles. The number of hydrogen-bond donors (Lipinski definition) is 1. The fraction of sp³-hybridized carbons (Fsp3) is 0.250. The van der Waals surface area contributed by atoms with Crippen LogP contribution in [0.5, 0.6) is 11.5 Å². The lowest BCUT2D eigenvalue weighted by Gasteiger charge is -2.28. The molecule has 136 valence electrons. The minimum atomic E-state index is -0.765. The number of fused-ring (bicyclic) bond motifs is 1. The fourth-order valence-corrected chi connectivity index (χ4v) is 4.06. The number of carbonyl (C=O) groups is 2. The summed E-state index contributed by atoms with van der Waals surface area (Å²) in [5.74, 6) is 0.790. The Balaban J connectivity index is 1.59. The lowest BCUT2D eigenvalue weighted by Crippen LogP contribution is -2.31. The monoisotopic (exact) mass is 426 g/mol. The van der Waals surface area contributed by atoms with Crippen molar-refractivity contribution in [1.82, 2.24) is 5.32 Å². The maximum absolute atomic E-state index is 12.0. The summed E-state index contributed by atoms with van der Waals surface area (Å²) in [5, 5.41) is 2.20. The molecule has 27 heavy (non-hydrogen) atoms. The smallest absolute Gasteiger partial charge is 0.414 e. The molecule has 1 N–H and O–H groups in total. The van der Waals surface area contributed by atoms with Gasteiger partial charge in [-0.25, -0.2) is 9.64 Å². The van der Waals surface area contributed by atoms with Crippen molar-refractivity contribution in [1.29, 1.82) is 0 Å². The Labute approximate surface area is 164 Å². The Morgan fingerprint density at radius 2 is 2.07 bits per heavy atom. The second-order valence-electron chi connectivity index (χ2n) is 6.50. The molecule has 2 aliphatic rings. The molecule has 2 atom stereocenters. The van der Waals surface area contributed by atoms with Gasteiger partial charge in [-0.15, -0.1) is 0 Å². The summed E-state index contributed by atoms with van der Waals surface area (Å²) in [6, 6.07) is 10.9. The highest BCUT2D eigenvalue weighted by molar-refractivity contribution is 9.10. The highest BCUT2D eigenvalue weighted by atomic mass is 79.9. The van der Waals surface area contributed by atoms with Crippen LogP contribution in [0, 0.1) is 6.57 Å². The number of ether oxygens (including phenoxy) is 2. The minimum absolute atomic E-state index is 0.140. The molecule has 0 aromatic heterocycles. The van der Waals surface area contributed by atoms with Gasteiger partial charge in [0.1, 0.15) is 11.5 Å². The molecule has 7 heteroatoms. The Morgan fingerprint density at radius 3 is 2.78 bits per heavy atom. The number of amides is 2. The number of halogens is 1. The lowest BCUT2D eigenvalue weighted by atomic mass is 9.79. The predicted octanol–water partition coefficient (Wildman–Crippen LogP) is 4.85. The van der Waals surface area contributed by atoms with Crippen LogP contribution in [0.3, 0.4) is 0 Å². The van der Waals surface area contributed by atoms with Crippen LogP contribution in [0.25, 0.3) is 4.85 Å². The van der Waals surface area contributed by atoms with Crippen LogP contribution >= 0.6 is 15.9 Å².